The normalized spacial score (nSPS) is 12.2. The summed E-state index contributed by atoms with van der Waals surface area (Å²) < 4.78 is 0. The van der Waals surface area contributed by atoms with Crippen LogP contribution >= 0.6 is 0 Å². The molecule has 0 spiro atoms. The number of anilines is 3. The number of hydrogen-bond donors (Lipinski definition) is 0. The van der Waals surface area contributed by atoms with E-state index in [1.54, 1.807) is 0 Å². The van der Waals surface area contributed by atoms with Crippen molar-refractivity contribution >= 4 is 38.7 Å². The van der Waals surface area contributed by atoms with Gasteiger partial charge in [0, 0.05) is 92.2 Å². The molecule has 43 heavy (non-hydrogen) atoms. The average molecular weight is 565 g/mol. The quantitative estimate of drug-likeness (QED) is 0.196. The SMILES string of the molecule is CN(C)c1ccc(-c2nc3c4c(ccc5c(-c6ccc(N(C)C)cc6)nc(-c6ccc(N(C)C)cc6)c(c54)CC3)n2)cc1. The third-order valence-corrected chi connectivity index (χ3v) is 8.57. The topological polar surface area (TPSA) is 48.4 Å². The summed E-state index contributed by atoms with van der Waals surface area (Å²) in [6.07, 6.45) is 1.74. The highest BCUT2D eigenvalue weighted by atomic mass is 15.1. The maximum atomic E-state index is 5.41. The van der Waals surface area contributed by atoms with Gasteiger partial charge in [0.2, 0.25) is 0 Å². The fourth-order valence-corrected chi connectivity index (χ4v) is 6.17. The van der Waals surface area contributed by atoms with Crippen molar-refractivity contribution in [1.29, 1.82) is 0 Å². The highest BCUT2D eigenvalue weighted by Gasteiger charge is 2.25. The molecule has 2 heterocycles. The van der Waals surface area contributed by atoms with Gasteiger partial charge in [-0.05, 0) is 79.1 Å². The van der Waals surface area contributed by atoms with Gasteiger partial charge in [-0.2, -0.15) is 0 Å². The van der Waals surface area contributed by atoms with Crippen molar-refractivity contribution in [3.8, 4) is 33.9 Å². The lowest BCUT2D eigenvalue weighted by Crippen LogP contribution is -2.10. The van der Waals surface area contributed by atoms with Gasteiger partial charge in [0.25, 0.3) is 0 Å². The molecule has 6 heteroatoms. The largest absolute Gasteiger partial charge is 0.378 e. The first-order valence-corrected chi connectivity index (χ1v) is 14.8. The zero-order valence-corrected chi connectivity index (χ0v) is 25.7. The second-order valence-corrected chi connectivity index (χ2v) is 12.0. The Hall–Kier alpha value is -4.97. The van der Waals surface area contributed by atoms with Crippen LogP contribution in [0.3, 0.4) is 0 Å². The minimum Gasteiger partial charge on any atom is -0.378 e. The van der Waals surface area contributed by atoms with Crippen molar-refractivity contribution in [2.24, 2.45) is 0 Å². The Labute approximate surface area is 253 Å². The van der Waals surface area contributed by atoms with Crippen LogP contribution in [0.2, 0.25) is 0 Å². The number of hydrogen-bond acceptors (Lipinski definition) is 6. The summed E-state index contributed by atoms with van der Waals surface area (Å²) in [7, 11) is 12.4. The van der Waals surface area contributed by atoms with Crippen LogP contribution in [0.25, 0.3) is 55.6 Å². The zero-order valence-electron chi connectivity index (χ0n) is 25.7. The molecule has 0 saturated carbocycles. The molecule has 0 bridgehead atoms. The Morgan fingerprint density at radius 2 is 0.977 bits per heavy atom. The predicted molar refractivity (Wildman–Crippen MR) is 182 cm³/mol. The first-order valence-electron chi connectivity index (χ1n) is 14.8. The molecule has 0 fully saturated rings. The van der Waals surface area contributed by atoms with E-state index in [1.165, 1.54) is 16.6 Å². The second kappa shape index (κ2) is 10.4. The van der Waals surface area contributed by atoms with Crippen LogP contribution in [0, 0.1) is 0 Å². The van der Waals surface area contributed by atoms with Gasteiger partial charge in [-0.15, -0.1) is 0 Å². The lowest BCUT2D eigenvalue weighted by molar-refractivity contribution is 0.912. The molecule has 0 unspecified atom stereocenters. The Morgan fingerprint density at radius 3 is 1.51 bits per heavy atom. The lowest BCUT2D eigenvalue weighted by Gasteiger charge is -2.23. The molecule has 0 radical (unpaired) electrons. The number of aromatic nitrogens is 3. The van der Waals surface area contributed by atoms with Crippen molar-refractivity contribution < 1.29 is 0 Å². The Kier molecular flexibility index (Phi) is 6.50. The van der Waals surface area contributed by atoms with E-state index in [9.17, 15) is 0 Å². The molecule has 0 saturated heterocycles. The molecule has 6 nitrogen and oxygen atoms in total. The molecule has 7 rings (SSSR count). The second-order valence-electron chi connectivity index (χ2n) is 12.0. The Bertz CT molecular complexity index is 1970. The minimum atomic E-state index is 0.781. The standard InChI is InChI=1S/C37H36N6/c1-41(2)26-13-7-23(8-14-26)35-29-19-21-31-34-32(39-37(38-31)25-11-17-28(18-12-25)43(5)6)22-20-30(33(29)34)36(40-35)24-9-15-27(16-10-24)42(3)4/h7-19,21H,20,22H2,1-6H3. The molecule has 0 atom stereocenters. The summed E-state index contributed by atoms with van der Waals surface area (Å²) in [4.78, 5) is 22.1. The molecule has 0 amide bonds. The predicted octanol–water partition coefficient (Wildman–Crippen LogP) is 7.48. The smallest absolute Gasteiger partial charge is 0.160 e. The summed E-state index contributed by atoms with van der Waals surface area (Å²) in [5, 5.41) is 3.55. The molecular formula is C37H36N6. The van der Waals surface area contributed by atoms with E-state index in [1.807, 2.05) is 0 Å². The van der Waals surface area contributed by atoms with Crippen molar-refractivity contribution in [2.75, 3.05) is 57.0 Å². The fourth-order valence-electron chi connectivity index (χ4n) is 6.17. The van der Waals surface area contributed by atoms with Gasteiger partial charge in [0.15, 0.2) is 5.82 Å². The van der Waals surface area contributed by atoms with Crippen LogP contribution in [0.5, 0.6) is 0 Å². The van der Waals surface area contributed by atoms with Gasteiger partial charge in [0.1, 0.15) is 0 Å². The van der Waals surface area contributed by atoms with Gasteiger partial charge < -0.3 is 14.7 Å². The van der Waals surface area contributed by atoms with Gasteiger partial charge in [-0.25, -0.2) is 15.0 Å². The molecule has 0 N–H and O–H groups in total. The minimum absolute atomic E-state index is 0.781. The number of aryl methyl sites for hydroxylation is 2. The van der Waals surface area contributed by atoms with Gasteiger partial charge in [-0.3, -0.25) is 0 Å². The number of nitrogens with zero attached hydrogens (tertiary/aromatic N) is 6. The van der Waals surface area contributed by atoms with E-state index >= 15 is 0 Å². The summed E-state index contributed by atoms with van der Waals surface area (Å²) in [6.45, 7) is 0. The van der Waals surface area contributed by atoms with Crippen molar-refractivity contribution in [1.82, 2.24) is 15.0 Å². The van der Waals surface area contributed by atoms with Crippen LogP contribution < -0.4 is 14.7 Å². The summed E-state index contributed by atoms with van der Waals surface area (Å²) in [6, 6.07) is 30.3. The lowest BCUT2D eigenvalue weighted by atomic mass is 9.86. The molecule has 1 aliphatic rings. The monoisotopic (exact) mass is 564 g/mol. The van der Waals surface area contributed by atoms with Crippen LogP contribution in [0.4, 0.5) is 17.1 Å². The fraction of sp³-hybridized carbons (Fsp3) is 0.216. The molecule has 2 aromatic heterocycles. The highest BCUT2D eigenvalue weighted by Crippen LogP contribution is 2.43. The zero-order chi connectivity index (χ0) is 29.8. The van der Waals surface area contributed by atoms with Crippen molar-refractivity contribution in [3.05, 3.63) is 96.2 Å². The number of rotatable bonds is 6. The summed E-state index contributed by atoms with van der Waals surface area (Å²) >= 11 is 0. The van der Waals surface area contributed by atoms with E-state index in [-0.39, 0.29) is 0 Å². The molecule has 6 aromatic rings. The molecule has 214 valence electrons. The Balaban J connectivity index is 1.48. The van der Waals surface area contributed by atoms with Gasteiger partial charge >= 0.3 is 0 Å². The number of benzene rings is 4. The van der Waals surface area contributed by atoms with E-state index < -0.39 is 0 Å². The third kappa shape index (κ3) is 4.63. The number of pyridine rings is 1. The molecule has 4 aromatic carbocycles. The maximum absolute atomic E-state index is 5.41. The molecular weight excluding hydrogens is 528 g/mol. The Morgan fingerprint density at radius 1 is 0.465 bits per heavy atom. The molecule has 0 aliphatic heterocycles. The first-order chi connectivity index (χ1) is 20.8. The maximum Gasteiger partial charge on any atom is 0.160 e. The van der Waals surface area contributed by atoms with Crippen LogP contribution in [-0.2, 0) is 12.8 Å². The van der Waals surface area contributed by atoms with E-state index in [2.05, 4.69) is 142 Å². The van der Waals surface area contributed by atoms with Crippen LogP contribution in [0.1, 0.15) is 11.3 Å². The van der Waals surface area contributed by atoms with Gasteiger partial charge in [0.05, 0.1) is 22.6 Å². The summed E-state index contributed by atoms with van der Waals surface area (Å²) in [5.41, 5.74) is 12.2. The third-order valence-electron chi connectivity index (χ3n) is 8.57. The first kappa shape index (κ1) is 26.9. The average Bonchev–Trinajstić information content (AvgIpc) is 3.03. The summed E-state index contributed by atoms with van der Waals surface area (Å²) in [5.74, 6) is 0.781. The van der Waals surface area contributed by atoms with Crippen molar-refractivity contribution in [3.63, 3.8) is 0 Å². The van der Waals surface area contributed by atoms with Crippen molar-refractivity contribution in [2.45, 2.75) is 12.8 Å². The van der Waals surface area contributed by atoms with E-state index in [0.717, 1.165) is 80.1 Å². The van der Waals surface area contributed by atoms with E-state index in [0.29, 0.717) is 0 Å². The van der Waals surface area contributed by atoms with Gasteiger partial charge in [-0.1, -0.05) is 24.3 Å². The highest BCUT2D eigenvalue weighted by molar-refractivity contribution is 6.15. The van der Waals surface area contributed by atoms with Crippen LogP contribution in [-0.4, -0.2) is 57.2 Å². The van der Waals surface area contributed by atoms with E-state index in [4.69, 9.17) is 15.0 Å². The van der Waals surface area contributed by atoms with Crippen LogP contribution in [0.15, 0.2) is 84.9 Å². The molecule has 1 aliphatic carbocycles.